The Hall–Kier alpha value is -1.57. The maximum absolute atomic E-state index is 13.1. The van der Waals surface area contributed by atoms with Crippen LogP contribution < -0.4 is 5.32 Å². The van der Waals surface area contributed by atoms with Gasteiger partial charge in [0.1, 0.15) is 0 Å². The molecule has 0 unspecified atom stereocenters. The lowest BCUT2D eigenvalue weighted by atomic mass is 10.1. The van der Waals surface area contributed by atoms with Crippen molar-refractivity contribution in [2.75, 3.05) is 38.2 Å². The van der Waals surface area contributed by atoms with Gasteiger partial charge < -0.3 is 15.2 Å². The normalized spacial score (nSPS) is 16.5. The second-order valence-electron chi connectivity index (χ2n) is 5.60. The van der Waals surface area contributed by atoms with Gasteiger partial charge in [-0.15, -0.1) is 0 Å². The lowest BCUT2D eigenvalue weighted by molar-refractivity contribution is -0.118. The summed E-state index contributed by atoms with van der Waals surface area (Å²) in [6.45, 7) is 2.38. The number of aliphatic hydroxyl groups excluding tert-OH is 1. The molecule has 0 aliphatic carbocycles. The predicted octanol–water partition coefficient (Wildman–Crippen LogP) is 1.77. The van der Waals surface area contributed by atoms with Crippen LogP contribution in [0.2, 0.25) is 0 Å². The van der Waals surface area contributed by atoms with E-state index in [1.807, 2.05) is 4.90 Å². The monoisotopic (exact) mass is 328 g/mol. The molecule has 1 aliphatic heterocycles. The Bertz CT molecular complexity index is 520. The Morgan fingerprint density at radius 1 is 1.30 bits per heavy atom. The molecule has 2 N–H and O–H groups in total. The van der Waals surface area contributed by atoms with Crippen LogP contribution in [0, 0.1) is 11.6 Å². The summed E-state index contributed by atoms with van der Waals surface area (Å²) in [4.78, 5) is 13.9. The van der Waals surface area contributed by atoms with Crippen molar-refractivity contribution in [2.45, 2.75) is 25.4 Å². The first-order valence-electron chi connectivity index (χ1n) is 7.78. The van der Waals surface area contributed by atoms with E-state index in [-0.39, 0.29) is 30.9 Å². The van der Waals surface area contributed by atoms with Crippen LogP contribution in [0.3, 0.4) is 0 Å². The van der Waals surface area contributed by atoms with Crippen molar-refractivity contribution in [1.29, 1.82) is 0 Å². The van der Waals surface area contributed by atoms with Gasteiger partial charge in [-0.1, -0.05) is 0 Å². The number of carbonyl (C=O) groups is 1. The second-order valence-corrected chi connectivity index (χ2v) is 5.60. The highest BCUT2D eigenvalue weighted by Gasteiger charge is 2.21. The van der Waals surface area contributed by atoms with Gasteiger partial charge in [-0.2, -0.15) is 0 Å². The van der Waals surface area contributed by atoms with Crippen molar-refractivity contribution in [3.63, 3.8) is 0 Å². The molecule has 1 aliphatic rings. The number of nitrogens with zero attached hydrogens (tertiary/aromatic N) is 1. The first kappa shape index (κ1) is 17.8. The Morgan fingerprint density at radius 2 is 2.04 bits per heavy atom. The third kappa shape index (κ3) is 5.85. The predicted molar refractivity (Wildman–Crippen MR) is 82.1 cm³/mol. The number of likely N-dealkylation sites (tertiary alicyclic amines) is 1. The number of halogens is 2. The molecule has 0 atom stereocenters. The molecular formula is C16H22F2N2O3. The van der Waals surface area contributed by atoms with E-state index >= 15 is 0 Å². The minimum Gasteiger partial charge on any atom is -0.396 e. The van der Waals surface area contributed by atoms with Crippen LogP contribution in [-0.2, 0) is 9.53 Å². The quantitative estimate of drug-likeness (QED) is 0.749. The molecule has 2 rings (SSSR count). The van der Waals surface area contributed by atoms with Gasteiger partial charge in [-0.25, -0.2) is 8.78 Å². The van der Waals surface area contributed by atoms with Crippen molar-refractivity contribution in [3.8, 4) is 0 Å². The summed E-state index contributed by atoms with van der Waals surface area (Å²) in [7, 11) is 0. The van der Waals surface area contributed by atoms with Crippen molar-refractivity contribution >= 4 is 11.6 Å². The number of amides is 1. The molecular weight excluding hydrogens is 306 g/mol. The van der Waals surface area contributed by atoms with E-state index in [0.29, 0.717) is 13.0 Å². The maximum Gasteiger partial charge on any atom is 0.238 e. The van der Waals surface area contributed by atoms with E-state index in [0.717, 1.165) is 38.1 Å². The molecule has 0 saturated carbocycles. The molecule has 0 spiro atoms. The van der Waals surface area contributed by atoms with E-state index in [4.69, 9.17) is 9.84 Å². The molecule has 23 heavy (non-hydrogen) atoms. The fraction of sp³-hybridized carbons (Fsp3) is 0.562. The average molecular weight is 328 g/mol. The first-order valence-corrected chi connectivity index (χ1v) is 7.78. The third-order valence-electron chi connectivity index (χ3n) is 3.76. The summed E-state index contributed by atoms with van der Waals surface area (Å²) in [5.41, 5.74) is 0.246. The highest BCUT2D eigenvalue weighted by Crippen LogP contribution is 2.15. The van der Waals surface area contributed by atoms with Crippen LogP contribution in [0.4, 0.5) is 14.5 Å². The van der Waals surface area contributed by atoms with Crippen LogP contribution in [0.15, 0.2) is 18.2 Å². The second kappa shape index (κ2) is 8.90. The third-order valence-corrected chi connectivity index (χ3v) is 3.76. The van der Waals surface area contributed by atoms with E-state index < -0.39 is 11.6 Å². The fourth-order valence-corrected chi connectivity index (χ4v) is 2.53. The number of nitrogens with one attached hydrogen (secondary N) is 1. The Kier molecular flexibility index (Phi) is 6.88. The Labute approximate surface area is 134 Å². The zero-order valence-electron chi connectivity index (χ0n) is 12.9. The standard InChI is InChI=1S/C16H22F2N2O3/c17-14-3-2-12(10-15(14)18)19-16(22)11-20-6-4-13(5-7-20)23-9-1-8-21/h2-3,10,13,21H,1,4-9,11H2,(H,19,22). The van der Waals surface area contributed by atoms with E-state index in [9.17, 15) is 13.6 Å². The molecule has 1 fully saturated rings. The van der Waals surface area contributed by atoms with Crippen LogP contribution in [0.5, 0.6) is 0 Å². The number of aliphatic hydroxyl groups is 1. The number of hydrogen-bond donors (Lipinski definition) is 2. The van der Waals surface area contributed by atoms with Gasteiger partial charge in [0.2, 0.25) is 5.91 Å². The first-order chi connectivity index (χ1) is 11.1. The summed E-state index contributed by atoms with van der Waals surface area (Å²) in [5.74, 6) is -2.18. The fourth-order valence-electron chi connectivity index (χ4n) is 2.53. The summed E-state index contributed by atoms with van der Waals surface area (Å²) in [5, 5.41) is 11.3. The van der Waals surface area contributed by atoms with Crippen LogP contribution in [0.1, 0.15) is 19.3 Å². The van der Waals surface area contributed by atoms with Crippen LogP contribution in [0.25, 0.3) is 0 Å². The average Bonchev–Trinajstić information content (AvgIpc) is 2.53. The minimum absolute atomic E-state index is 0.128. The van der Waals surface area contributed by atoms with Crippen molar-refractivity contribution in [1.82, 2.24) is 4.90 Å². The largest absolute Gasteiger partial charge is 0.396 e. The van der Waals surface area contributed by atoms with Gasteiger partial charge in [-0.3, -0.25) is 9.69 Å². The zero-order valence-corrected chi connectivity index (χ0v) is 12.9. The highest BCUT2D eigenvalue weighted by molar-refractivity contribution is 5.92. The highest BCUT2D eigenvalue weighted by atomic mass is 19.2. The van der Waals surface area contributed by atoms with Gasteiger partial charge >= 0.3 is 0 Å². The zero-order chi connectivity index (χ0) is 16.7. The molecule has 1 aromatic carbocycles. The van der Waals surface area contributed by atoms with Gasteiger partial charge in [0.05, 0.1) is 12.6 Å². The smallest absolute Gasteiger partial charge is 0.238 e. The van der Waals surface area contributed by atoms with E-state index in [1.54, 1.807) is 0 Å². The molecule has 0 bridgehead atoms. The Morgan fingerprint density at radius 3 is 2.70 bits per heavy atom. The number of hydrogen-bond acceptors (Lipinski definition) is 4. The van der Waals surface area contributed by atoms with Crippen LogP contribution in [-0.4, -0.2) is 54.9 Å². The summed E-state index contributed by atoms with van der Waals surface area (Å²) in [6.07, 6.45) is 2.48. The molecule has 1 amide bonds. The lowest BCUT2D eigenvalue weighted by Crippen LogP contribution is -2.41. The molecule has 1 saturated heterocycles. The SMILES string of the molecule is O=C(CN1CCC(OCCCO)CC1)Nc1ccc(F)c(F)c1. The van der Waals surface area contributed by atoms with Crippen LogP contribution >= 0.6 is 0 Å². The number of anilines is 1. The van der Waals surface area contributed by atoms with Crippen molar-refractivity contribution in [3.05, 3.63) is 29.8 Å². The van der Waals surface area contributed by atoms with Gasteiger partial charge in [-0.05, 0) is 31.4 Å². The summed E-state index contributed by atoms with van der Waals surface area (Å²) in [6, 6.07) is 3.28. The molecule has 1 heterocycles. The number of carbonyl (C=O) groups excluding carboxylic acids is 1. The van der Waals surface area contributed by atoms with Crippen molar-refractivity contribution < 1.29 is 23.4 Å². The molecule has 0 aromatic heterocycles. The van der Waals surface area contributed by atoms with Gasteiger partial charge in [0, 0.05) is 38.1 Å². The number of rotatable bonds is 7. The molecule has 5 nitrogen and oxygen atoms in total. The minimum atomic E-state index is -0.983. The number of piperidine rings is 1. The van der Waals surface area contributed by atoms with E-state index in [2.05, 4.69) is 5.32 Å². The van der Waals surface area contributed by atoms with Gasteiger partial charge in [0.25, 0.3) is 0 Å². The molecule has 128 valence electrons. The Balaban J connectivity index is 1.71. The summed E-state index contributed by atoms with van der Waals surface area (Å²) < 4.78 is 31.6. The molecule has 0 radical (unpaired) electrons. The topological polar surface area (TPSA) is 61.8 Å². The van der Waals surface area contributed by atoms with E-state index in [1.165, 1.54) is 6.07 Å². The van der Waals surface area contributed by atoms with Gasteiger partial charge in [0.15, 0.2) is 11.6 Å². The number of benzene rings is 1. The maximum atomic E-state index is 13.1. The molecule has 1 aromatic rings. The van der Waals surface area contributed by atoms with Crippen molar-refractivity contribution in [2.24, 2.45) is 0 Å². The lowest BCUT2D eigenvalue weighted by Gasteiger charge is -2.31. The number of ether oxygens (including phenoxy) is 1. The summed E-state index contributed by atoms with van der Waals surface area (Å²) >= 11 is 0. The molecule has 7 heteroatoms.